The molecule has 4 aliphatic rings. The van der Waals surface area contributed by atoms with Crippen LogP contribution < -0.4 is 0 Å². The predicted octanol–water partition coefficient (Wildman–Crippen LogP) is 5.37. The van der Waals surface area contributed by atoms with Crippen molar-refractivity contribution in [2.24, 2.45) is 35.5 Å². The number of aliphatic hydroxyl groups excluding tert-OH is 1. The van der Waals surface area contributed by atoms with Crippen molar-refractivity contribution in [3.63, 3.8) is 0 Å². The minimum Gasteiger partial charge on any atom is -0.480 e. The molecule has 60 heavy (non-hydrogen) atoms. The molecule has 3 aliphatic heterocycles. The number of nitrogens with zero attached hydrogens (tertiary/aromatic N) is 1. The number of fused-ring (bicyclic) bond motifs is 3. The van der Waals surface area contributed by atoms with Crippen LogP contribution in [0.2, 0.25) is 0 Å². The van der Waals surface area contributed by atoms with Crippen LogP contribution in [0.15, 0.2) is 36.0 Å². The number of methoxy groups -OCH3 is 2. The summed E-state index contributed by atoms with van der Waals surface area (Å²) in [6.07, 6.45) is 5.83. The molecule has 1 unspecified atom stereocenters. The van der Waals surface area contributed by atoms with Gasteiger partial charge in [-0.2, -0.15) is 0 Å². The topological polar surface area (TPSA) is 195 Å². The lowest BCUT2D eigenvalue weighted by atomic mass is 9.78. The molecule has 0 aromatic heterocycles. The molecule has 338 valence electrons. The third kappa shape index (κ3) is 12.2. The summed E-state index contributed by atoms with van der Waals surface area (Å²) >= 11 is 0. The van der Waals surface area contributed by atoms with Crippen LogP contribution in [0.4, 0.5) is 0 Å². The first kappa shape index (κ1) is 49.4. The van der Waals surface area contributed by atoms with E-state index in [0.29, 0.717) is 56.9 Å². The van der Waals surface area contributed by atoms with Gasteiger partial charge in [-0.15, -0.1) is 6.58 Å². The van der Waals surface area contributed by atoms with Gasteiger partial charge in [0.15, 0.2) is 0 Å². The summed E-state index contributed by atoms with van der Waals surface area (Å²) in [4.78, 5) is 69.2. The lowest BCUT2D eigenvalue weighted by Crippen LogP contribution is -2.64. The number of ketones is 2. The van der Waals surface area contributed by atoms with Crippen molar-refractivity contribution >= 4 is 29.4 Å². The number of esters is 1. The van der Waals surface area contributed by atoms with E-state index in [4.69, 9.17) is 28.8 Å². The van der Waals surface area contributed by atoms with Crippen molar-refractivity contribution in [2.75, 3.05) is 27.4 Å². The van der Waals surface area contributed by atoms with Crippen LogP contribution in [0.25, 0.3) is 0 Å². The van der Waals surface area contributed by atoms with E-state index in [0.717, 1.165) is 5.57 Å². The van der Waals surface area contributed by atoms with E-state index in [9.17, 15) is 34.2 Å². The third-order valence-corrected chi connectivity index (χ3v) is 13.3. The number of aliphatic carboxylic acids is 1. The molecule has 3 N–H and O–H groups in total. The van der Waals surface area contributed by atoms with Gasteiger partial charge in [0, 0.05) is 44.9 Å². The van der Waals surface area contributed by atoms with Gasteiger partial charge in [0.2, 0.25) is 5.79 Å². The van der Waals surface area contributed by atoms with Gasteiger partial charge in [0.05, 0.1) is 24.4 Å². The number of hydrogen-bond donors (Lipinski definition) is 3. The molecule has 14 heteroatoms. The number of carboxylic acids is 1. The number of cyclic esters (lactones) is 1. The normalized spacial score (nSPS) is 39.4. The predicted molar refractivity (Wildman–Crippen MR) is 222 cm³/mol. The summed E-state index contributed by atoms with van der Waals surface area (Å²) in [6.45, 7) is 14.7. The van der Waals surface area contributed by atoms with Gasteiger partial charge in [0.1, 0.15) is 30.6 Å². The first-order chi connectivity index (χ1) is 28.3. The van der Waals surface area contributed by atoms with Gasteiger partial charge in [-0.1, -0.05) is 51.5 Å². The second-order valence-electron chi connectivity index (χ2n) is 18.2. The fourth-order valence-corrected chi connectivity index (χ4v) is 9.86. The standard InChI is InChI=1S/C46H71NO13/c1-10-13-33-19-26(2)18-27(3)20-38(56-8)42-39(57-9)23-30(6)46(55,60-42)43(52)44(53)47-17-12-11-14-34(47)45(54)59-41(31(7)35(48)24-36(33)49)29(5)22-32-15-16-37(28(4)21-32)58-25-40(50)51/h10,19,22,27-28,30-35,37-39,41-42,48,55H,1,11-18,20-21,23-25H2,2-9H3,(H,50,51)/b26-19+,29-22+/t27-,28?,30+,31+,32+,33+,34-,35-,37+,38-,39-,41+,42+,46+/m0/s1. The highest BCUT2D eigenvalue weighted by Gasteiger charge is 2.56. The Morgan fingerprint density at radius 2 is 1.67 bits per heavy atom. The molecular formula is C46H71NO13. The van der Waals surface area contributed by atoms with Crippen molar-refractivity contribution in [1.82, 2.24) is 4.90 Å². The highest BCUT2D eigenvalue weighted by molar-refractivity contribution is 6.39. The lowest BCUT2D eigenvalue weighted by Gasteiger charge is -2.47. The summed E-state index contributed by atoms with van der Waals surface area (Å²) in [7, 11) is 3.04. The first-order valence-corrected chi connectivity index (χ1v) is 21.9. The zero-order valence-corrected chi connectivity index (χ0v) is 37.0. The summed E-state index contributed by atoms with van der Waals surface area (Å²) in [5.74, 6) is -8.78. The molecule has 0 spiro atoms. The number of ether oxygens (including phenoxy) is 5. The van der Waals surface area contributed by atoms with Crippen LogP contribution >= 0.6 is 0 Å². The van der Waals surface area contributed by atoms with E-state index < -0.39 is 83.7 Å². The summed E-state index contributed by atoms with van der Waals surface area (Å²) in [6, 6.07) is -1.16. The van der Waals surface area contributed by atoms with Crippen molar-refractivity contribution in [3.05, 3.63) is 36.0 Å². The number of amides is 1. The van der Waals surface area contributed by atoms with Crippen LogP contribution in [-0.2, 0) is 47.7 Å². The van der Waals surface area contributed by atoms with E-state index in [1.165, 1.54) is 19.1 Å². The number of Topliss-reactive ketones (excluding diaryl/α,β-unsaturated/α-hetero) is 2. The molecular weight excluding hydrogens is 774 g/mol. The van der Waals surface area contributed by atoms with E-state index in [1.54, 1.807) is 19.9 Å². The van der Waals surface area contributed by atoms with E-state index in [-0.39, 0.29) is 62.1 Å². The Kier molecular flexibility index (Phi) is 18.3. The Morgan fingerprint density at radius 3 is 2.30 bits per heavy atom. The van der Waals surface area contributed by atoms with Crippen molar-refractivity contribution in [2.45, 2.75) is 161 Å². The van der Waals surface area contributed by atoms with Crippen LogP contribution in [0.3, 0.4) is 0 Å². The largest absolute Gasteiger partial charge is 0.480 e. The molecule has 1 amide bonds. The average Bonchev–Trinajstić information content (AvgIpc) is 3.20. The van der Waals surface area contributed by atoms with E-state index in [2.05, 4.69) is 6.58 Å². The number of carboxylic acid groups (broad SMARTS) is 1. The van der Waals surface area contributed by atoms with E-state index in [1.807, 2.05) is 39.8 Å². The number of rotatable bonds is 9. The fourth-order valence-electron chi connectivity index (χ4n) is 9.86. The van der Waals surface area contributed by atoms with Crippen LogP contribution in [0.1, 0.15) is 112 Å². The number of carbonyl (C=O) groups excluding carboxylic acids is 4. The SMILES string of the molecule is C=CC[C@@H]1/C=C(\C)C[C@H](C)C[C@H](OC)[C@H]2O[C@@](O)(C(=O)C(=O)N3CCCC[C@H]3C(=O)O[C@H](/C(C)=C/[C@@H]3CC[C@@H](OCC(=O)O)C(C)C3)[C@H](C)[C@@H](O)CC1=O)[C@H](C)C[C@@H]2OC. The van der Waals surface area contributed by atoms with Crippen LogP contribution in [0.5, 0.6) is 0 Å². The second kappa shape index (κ2) is 22.2. The van der Waals surface area contributed by atoms with Gasteiger partial charge in [-0.25, -0.2) is 9.59 Å². The van der Waals surface area contributed by atoms with Gasteiger partial charge < -0.3 is 43.9 Å². The molecule has 0 radical (unpaired) electrons. The second-order valence-corrected chi connectivity index (χ2v) is 18.2. The Hall–Kier alpha value is -3.27. The number of hydrogen-bond acceptors (Lipinski definition) is 12. The Balaban J connectivity index is 1.75. The molecule has 14 nitrogen and oxygen atoms in total. The Bertz CT molecular complexity index is 1590. The van der Waals surface area contributed by atoms with Crippen molar-refractivity contribution in [1.29, 1.82) is 0 Å². The van der Waals surface area contributed by atoms with Crippen LogP contribution in [-0.4, -0.2) is 125 Å². The van der Waals surface area contributed by atoms with Crippen molar-refractivity contribution < 1.29 is 63.0 Å². The molecule has 3 fully saturated rings. The minimum absolute atomic E-state index is 0.000573. The Labute approximate surface area is 356 Å². The molecule has 0 aromatic carbocycles. The number of carbonyl (C=O) groups is 5. The molecule has 1 aliphatic carbocycles. The fraction of sp³-hybridized carbons (Fsp3) is 0.761. The first-order valence-electron chi connectivity index (χ1n) is 21.9. The summed E-state index contributed by atoms with van der Waals surface area (Å²) in [5, 5.41) is 32.9. The van der Waals surface area contributed by atoms with Gasteiger partial charge in [-0.3, -0.25) is 14.4 Å². The maximum atomic E-state index is 14.4. The zero-order valence-electron chi connectivity index (χ0n) is 37.0. The van der Waals surface area contributed by atoms with Gasteiger partial charge in [-0.05, 0) is 101 Å². The zero-order chi connectivity index (χ0) is 44.5. The summed E-state index contributed by atoms with van der Waals surface area (Å²) in [5.41, 5.74) is 1.61. The molecule has 2 bridgehead atoms. The molecule has 2 saturated heterocycles. The number of allylic oxidation sites excluding steroid dienone is 4. The average molecular weight is 846 g/mol. The van der Waals surface area contributed by atoms with Crippen LogP contribution in [0, 0.1) is 35.5 Å². The molecule has 0 aromatic rings. The number of piperidine rings is 1. The minimum atomic E-state index is -2.52. The Morgan fingerprint density at radius 1 is 0.983 bits per heavy atom. The lowest BCUT2D eigenvalue weighted by molar-refractivity contribution is -0.302. The molecule has 4 rings (SSSR count). The van der Waals surface area contributed by atoms with Crippen molar-refractivity contribution in [3.8, 4) is 0 Å². The maximum Gasteiger partial charge on any atom is 0.329 e. The number of aliphatic hydroxyl groups is 2. The van der Waals surface area contributed by atoms with Gasteiger partial charge >= 0.3 is 11.9 Å². The summed E-state index contributed by atoms with van der Waals surface area (Å²) < 4.78 is 29.9. The third-order valence-electron chi connectivity index (χ3n) is 13.3. The highest BCUT2D eigenvalue weighted by atomic mass is 16.7. The van der Waals surface area contributed by atoms with Gasteiger partial charge in [0.25, 0.3) is 11.7 Å². The smallest absolute Gasteiger partial charge is 0.329 e. The molecule has 3 heterocycles. The maximum absolute atomic E-state index is 14.4. The quantitative estimate of drug-likeness (QED) is 0.153. The molecule has 1 saturated carbocycles. The van der Waals surface area contributed by atoms with E-state index >= 15 is 0 Å². The monoisotopic (exact) mass is 845 g/mol. The highest BCUT2D eigenvalue weighted by Crippen LogP contribution is 2.39. The molecule has 14 atom stereocenters.